The van der Waals surface area contributed by atoms with Crippen molar-refractivity contribution in [3.8, 4) is 0 Å². The summed E-state index contributed by atoms with van der Waals surface area (Å²) in [6.45, 7) is 5.90. The maximum Gasteiger partial charge on any atom is 0.0275 e. The molecule has 0 aromatic heterocycles. The van der Waals surface area contributed by atoms with Gasteiger partial charge in [-0.25, -0.2) is 0 Å². The first-order valence-electron chi connectivity index (χ1n) is 4.53. The van der Waals surface area contributed by atoms with Crippen LogP contribution in [0.1, 0.15) is 26.2 Å². The summed E-state index contributed by atoms with van der Waals surface area (Å²) in [4.78, 5) is 0. The van der Waals surface area contributed by atoms with Crippen molar-refractivity contribution >= 4 is 6.21 Å². The minimum Gasteiger partial charge on any atom is -0.303 e. The highest BCUT2D eigenvalue weighted by Gasteiger charge is 2.00. The summed E-state index contributed by atoms with van der Waals surface area (Å²) in [7, 11) is 3.88. The third kappa shape index (κ3) is 5.96. The molecule has 12 heavy (non-hydrogen) atoms. The molecule has 0 saturated carbocycles. The van der Waals surface area contributed by atoms with Crippen LogP contribution in [0.15, 0.2) is 17.8 Å². The van der Waals surface area contributed by atoms with E-state index in [9.17, 15) is 0 Å². The van der Waals surface area contributed by atoms with E-state index >= 15 is 0 Å². The molecule has 1 unspecified atom stereocenters. The first-order chi connectivity index (χ1) is 5.70. The lowest BCUT2D eigenvalue weighted by molar-refractivity contribution is 0.433. The molecule has 0 fully saturated rings. The van der Waals surface area contributed by atoms with Crippen molar-refractivity contribution in [1.29, 1.82) is 0 Å². The smallest absolute Gasteiger partial charge is 0.0275 e. The van der Waals surface area contributed by atoms with Crippen LogP contribution in [-0.2, 0) is 0 Å². The van der Waals surface area contributed by atoms with Crippen molar-refractivity contribution < 1.29 is 0 Å². The fraction of sp³-hybridized carbons (Fsp3) is 0.700. The molecule has 1 atom stereocenters. The lowest BCUT2D eigenvalue weighted by Gasteiger charge is -2.09. The number of hydrogen-bond donors (Lipinski definition) is 0. The summed E-state index contributed by atoms with van der Waals surface area (Å²) in [5.41, 5.74) is 0. The topological polar surface area (TPSA) is 15.6 Å². The fourth-order valence-corrected chi connectivity index (χ4v) is 0.944. The lowest BCUT2D eigenvalue weighted by Crippen LogP contribution is -2.06. The van der Waals surface area contributed by atoms with Gasteiger partial charge in [-0.1, -0.05) is 13.0 Å². The molecule has 0 spiro atoms. The molecule has 0 aliphatic rings. The quantitative estimate of drug-likeness (QED) is 0.338. The average molecular weight is 168 g/mol. The van der Waals surface area contributed by atoms with E-state index in [1.807, 2.05) is 31.4 Å². The van der Waals surface area contributed by atoms with Crippen molar-refractivity contribution in [1.82, 2.24) is 5.01 Å². The highest BCUT2D eigenvalue weighted by atomic mass is 15.4. The van der Waals surface area contributed by atoms with Crippen LogP contribution in [0.5, 0.6) is 0 Å². The Balaban J connectivity index is 3.73. The summed E-state index contributed by atoms with van der Waals surface area (Å²) < 4.78 is 0. The summed E-state index contributed by atoms with van der Waals surface area (Å²) in [5, 5.41) is 6.05. The predicted octanol–water partition coefficient (Wildman–Crippen LogP) is 2.53. The maximum absolute atomic E-state index is 4.22. The molecular formula is C10H20N2. The van der Waals surface area contributed by atoms with Gasteiger partial charge >= 0.3 is 0 Å². The number of hydrogen-bond acceptors (Lipinski definition) is 2. The first kappa shape index (κ1) is 11.2. The Morgan fingerprint density at radius 2 is 2.17 bits per heavy atom. The van der Waals surface area contributed by atoms with Crippen molar-refractivity contribution in [3.63, 3.8) is 0 Å². The van der Waals surface area contributed by atoms with Gasteiger partial charge in [-0.3, -0.25) is 0 Å². The molecule has 2 nitrogen and oxygen atoms in total. The molecular weight excluding hydrogens is 148 g/mol. The maximum atomic E-state index is 4.22. The third-order valence-electron chi connectivity index (χ3n) is 1.77. The second-order valence-electron chi connectivity index (χ2n) is 3.15. The van der Waals surface area contributed by atoms with E-state index in [2.05, 4.69) is 18.6 Å². The summed E-state index contributed by atoms with van der Waals surface area (Å²) >= 11 is 0. The Kier molecular flexibility index (Phi) is 6.44. The fourth-order valence-electron chi connectivity index (χ4n) is 0.944. The van der Waals surface area contributed by atoms with Gasteiger partial charge in [-0.15, -0.1) is 6.58 Å². The van der Waals surface area contributed by atoms with E-state index in [0.29, 0.717) is 5.92 Å². The molecule has 2 heteroatoms. The Hall–Kier alpha value is -0.790. The summed E-state index contributed by atoms with van der Waals surface area (Å²) in [5.74, 6) is 0.602. The van der Waals surface area contributed by atoms with Gasteiger partial charge in [0.15, 0.2) is 0 Å². The minimum absolute atomic E-state index is 0.602. The molecule has 0 heterocycles. The standard InChI is InChI=1S/C10H20N2/c1-5-7-8-10(6-2)9-11-12(3)4/h5,9-10H,1,6-8H2,2-4H3/b11-9+. The van der Waals surface area contributed by atoms with Crippen LogP contribution in [-0.4, -0.2) is 25.3 Å². The lowest BCUT2D eigenvalue weighted by atomic mass is 10.0. The molecule has 70 valence electrons. The zero-order chi connectivity index (χ0) is 9.40. The van der Waals surface area contributed by atoms with Gasteiger partial charge in [0, 0.05) is 20.3 Å². The van der Waals surface area contributed by atoms with Crippen LogP contribution >= 0.6 is 0 Å². The van der Waals surface area contributed by atoms with Crippen LogP contribution in [0.3, 0.4) is 0 Å². The average Bonchev–Trinajstić information content (AvgIpc) is 2.05. The van der Waals surface area contributed by atoms with Gasteiger partial charge in [0.25, 0.3) is 0 Å². The highest BCUT2D eigenvalue weighted by Crippen LogP contribution is 2.08. The van der Waals surface area contributed by atoms with Gasteiger partial charge in [-0.2, -0.15) is 5.10 Å². The van der Waals surface area contributed by atoms with Gasteiger partial charge < -0.3 is 5.01 Å². The summed E-state index contributed by atoms with van der Waals surface area (Å²) in [6, 6.07) is 0. The molecule has 0 aromatic rings. The van der Waals surface area contributed by atoms with Crippen LogP contribution in [0, 0.1) is 5.92 Å². The normalized spacial score (nSPS) is 13.2. The number of rotatable bonds is 6. The SMILES string of the molecule is C=CCCC(/C=N/N(C)C)CC. The zero-order valence-electron chi connectivity index (χ0n) is 8.45. The number of nitrogens with zero attached hydrogens (tertiary/aromatic N) is 2. The van der Waals surface area contributed by atoms with E-state index < -0.39 is 0 Å². The molecule has 0 aliphatic carbocycles. The zero-order valence-corrected chi connectivity index (χ0v) is 8.45. The second kappa shape index (κ2) is 6.89. The monoisotopic (exact) mass is 168 g/mol. The van der Waals surface area contributed by atoms with Crippen LogP contribution < -0.4 is 0 Å². The largest absolute Gasteiger partial charge is 0.303 e. The van der Waals surface area contributed by atoms with E-state index in [1.165, 1.54) is 0 Å². The minimum atomic E-state index is 0.602. The molecule has 0 bridgehead atoms. The first-order valence-corrected chi connectivity index (χ1v) is 4.53. The van der Waals surface area contributed by atoms with Crippen LogP contribution in [0.2, 0.25) is 0 Å². The van der Waals surface area contributed by atoms with E-state index in [1.54, 1.807) is 0 Å². The Morgan fingerprint density at radius 3 is 2.58 bits per heavy atom. The Morgan fingerprint density at radius 1 is 1.50 bits per heavy atom. The van der Waals surface area contributed by atoms with Gasteiger partial charge in [0.05, 0.1) is 0 Å². The van der Waals surface area contributed by atoms with Crippen LogP contribution in [0.4, 0.5) is 0 Å². The molecule has 0 aromatic carbocycles. The van der Waals surface area contributed by atoms with Gasteiger partial charge in [-0.05, 0) is 25.2 Å². The molecule has 0 radical (unpaired) electrons. The van der Waals surface area contributed by atoms with Crippen molar-refractivity contribution in [2.45, 2.75) is 26.2 Å². The number of hydrazone groups is 1. The van der Waals surface area contributed by atoms with Crippen molar-refractivity contribution in [2.75, 3.05) is 14.1 Å². The Labute approximate surface area is 76.0 Å². The molecule has 0 saturated heterocycles. The van der Waals surface area contributed by atoms with E-state index in [4.69, 9.17) is 0 Å². The molecule has 0 aliphatic heterocycles. The van der Waals surface area contributed by atoms with Crippen LogP contribution in [0.25, 0.3) is 0 Å². The predicted molar refractivity (Wildman–Crippen MR) is 55.4 cm³/mol. The van der Waals surface area contributed by atoms with E-state index in [0.717, 1.165) is 19.3 Å². The van der Waals surface area contributed by atoms with E-state index in [-0.39, 0.29) is 0 Å². The summed E-state index contributed by atoms with van der Waals surface area (Å²) in [6.07, 6.45) is 7.40. The second-order valence-corrected chi connectivity index (χ2v) is 3.15. The molecule has 0 amide bonds. The van der Waals surface area contributed by atoms with Crippen molar-refractivity contribution in [2.24, 2.45) is 11.0 Å². The van der Waals surface area contributed by atoms with Crippen molar-refractivity contribution in [3.05, 3.63) is 12.7 Å². The highest BCUT2D eigenvalue weighted by molar-refractivity contribution is 5.60. The Bertz CT molecular complexity index is 139. The van der Waals surface area contributed by atoms with Gasteiger partial charge in [0.1, 0.15) is 0 Å². The molecule has 0 N–H and O–H groups in total. The molecule has 0 rings (SSSR count). The number of allylic oxidation sites excluding steroid dienone is 1. The van der Waals surface area contributed by atoms with Gasteiger partial charge in [0.2, 0.25) is 0 Å². The third-order valence-corrected chi connectivity index (χ3v) is 1.77.